The summed E-state index contributed by atoms with van der Waals surface area (Å²) in [6, 6.07) is 25.6. The molecular weight excluding hydrogens is 957 g/mol. The van der Waals surface area contributed by atoms with E-state index in [2.05, 4.69) is 64.9 Å². The second kappa shape index (κ2) is 26.6. The Morgan fingerprint density at radius 1 is 0.921 bits per heavy atom. The van der Waals surface area contributed by atoms with Crippen molar-refractivity contribution in [3.63, 3.8) is 0 Å². The van der Waals surface area contributed by atoms with Gasteiger partial charge in [-0.25, -0.2) is 0 Å². The lowest BCUT2D eigenvalue weighted by Gasteiger charge is -2.28. The molecule has 13 heteroatoms. The van der Waals surface area contributed by atoms with Crippen molar-refractivity contribution in [3.8, 4) is 29.3 Å². The normalized spacial score (nSPS) is 19.6. The molecule has 5 atom stereocenters. The molecule has 0 saturated heterocycles. The Kier molecular flexibility index (Phi) is 19.3. The minimum Gasteiger partial charge on any atom is -0.508 e. The maximum atomic E-state index is 14.2. The molecule has 2 aliphatic heterocycles. The lowest BCUT2D eigenvalue weighted by atomic mass is 9.78. The summed E-state index contributed by atoms with van der Waals surface area (Å²) >= 11 is 0. The van der Waals surface area contributed by atoms with E-state index in [0.717, 1.165) is 84.0 Å². The van der Waals surface area contributed by atoms with Crippen LogP contribution in [0.2, 0.25) is 0 Å². The number of hydrogen-bond acceptors (Lipinski definition) is 11. The molecule has 4 aliphatic rings. The molecule has 9 rings (SSSR count). The van der Waals surface area contributed by atoms with Gasteiger partial charge in [0.05, 0.1) is 19.6 Å². The highest BCUT2D eigenvalue weighted by Gasteiger charge is 2.30. The molecule has 0 aromatic heterocycles. The molecule has 0 radical (unpaired) electrons. The Labute approximate surface area is 447 Å². The summed E-state index contributed by atoms with van der Waals surface area (Å²) in [5.74, 6) is 4.16. The zero-order valence-electron chi connectivity index (χ0n) is 44.3. The van der Waals surface area contributed by atoms with Gasteiger partial charge in [-0.2, -0.15) is 0 Å². The minimum atomic E-state index is -1.88. The van der Waals surface area contributed by atoms with Crippen LogP contribution >= 0.6 is 0 Å². The number of phenols is 1. The number of benzene rings is 5. The Morgan fingerprint density at radius 2 is 1.74 bits per heavy atom. The fourth-order valence-corrected chi connectivity index (χ4v) is 10.9. The van der Waals surface area contributed by atoms with E-state index in [0.29, 0.717) is 66.4 Å². The van der Waals surface area contributed by atoms with E-state index in [1.165, 1.54) is 5.56 Å². The number of Topliss-reactive ketones (excluding diaryl/α,β-unsaturated/α-hetero) is 1. The van der Waals surface area contributed by atoms with Crippen molar-refractivity contribution in [2.45, 2.75) is 108 Å². The van der Waals surface area contributed by atoms with Crippen LogP contribution in [0, 0.1) is 23.9 Å². The van der Waals surface area contributed by atoms with Crippen LogP contribution in [-0.4, -0.2) is 79.2 Å². The maximum Gasteiger partial charge on any atom is 0.192 e. The smallest absolute Gasteiger partial charge is 0.192 e. The average molecular weight is 1030 g/mol. The number of methoxy groups -OCH3 is 1. The summed E-state index contributed by atoms with van der Waals surface area (Å²) in [7, 11) is 5.14. The van der Waals surface area contributed by atoms with Crippen LogP contribution in [0.25, 0.3) is 16.8 Å². The number of nitrogens with two attached hydrogens (primary N) is 1. The number of phenolic OH excluding ortho intramolecular Hbond substituents is 1. The standard InChI is InChI=1S/C63H74N4O9/c1-40-16-22-52-56-39-76-59-33-43(18-23-58(59)73-4)17-20-50(69)36-51(35-47-34-49(68)21-19-45(47)14-6-5-10-41-12-8-15-48(32-41)67-63(64)66-3)75-29-25-46(31-44-13-7-11-42(30-44)24-28-74-27-9-26-65-2)60-55(37-54(56)62(71)72)61(52)53(40)38-57(60)70/h7-8,11-13,15-16,18-19,21-23,30,32-34,37-38,40,45-47,51,62,65,68,70-72H,5-6,9-10,14,17,20,24,26-28,31,35-36,39H2,1-4H3,(H3,64,66,67). The van der Waals surface area contributed by atoms with Gasteiger partial charge in [0.15, 0.2) is 23.7 Å². The zero-order chi connectivity index (χ0) is 53.6. The highest BCUT2D eigenvalue weighted by atomic mass is 16.5. The number of guanidine groups is 1. The Balaban J connectivity index is 1.16. The molecule has 6 bridgehead atoms. The van der Waals surface area contributed by atoms with Gasteiger partial charge in [-0.05, 0) is 169 Å². The van der Waals surface area contributed by atoms with Crippen molar-refractivity contribution in [1.82, 2.24) is 5.32 Å². The van der Waals surface area contributed by atoms with Crippen LogP contribution in [0.5, 0.6) is 17.2 Å². The number of aromatic hydroxyl groups is 1. The van der Waals surface area contributed by atoms with E-state index in [9.17, 15) is 25.2 Å². The molecule has 76 heavy (non-hydrogen) atoms. The number of carbonyl (C=O) groups is 1. The number of rotatable bonds is 19. The van der Waals surface area contributed by atoms with Gasteiger partial charge in [0.2, 0.25) is 0 Å². The third-order valence-electron chi connectivity index (χ3n) is 14.9. The average Bonchev–Trinajstić information content (AvgIpc) is 3.43. The molecule has 2 aliphatic carbocycles. The van der Waals surface area contributed by atoms with Crippen LogP contribution < -0.4 is 25.8 Å². The Hall–Kier alpha value is -7.08. The largest absolute Gasteiger partial charge is 0.508 e. The second-order valence-corrected chi connectivity index (χ2v) is 20.3. The zero-order valence-corrected chi connectivity index (χ0v) is 44.3. The second-order valence-electron chi connectivity index (χ2n) is 20.3. The summed E-state index contributed by atoms with van der Waals surface area (Å²) in [5.41, 5.74) is 13.9. The number of aliphatic hydroxyl groups is 3. The topological polar surface area (TPSA) is 197 Å². The molecule has 5 aromatic carbocycles. The Morgan fingerprint density at radius 3 is 2.54 bits per heavy atom. The molecule has 8 N–H and O–H groups in total. The van der Waals surface area contributed by atoms with E-state index in [-0.39, 0.29) is 60.1 Å². The number of aliphatic imine (C=N–C) groups is 1. The summed E-state index contributed by atoms with van der Waals surface area (Å²) in [5, 5.41) is 53.3. The van der Waals surface area contributed by atoms with Crippen molar-refractivity contribution < 1.29 is 44.2 Å². The molecule has 13 nitrogen and oxygen atoms in total. The van der Waals surface area contributed by atoms with Crippen LogP contribution in [0.1, 0.15) is 120 Å². The van der Waals surface area contributed by atoms with Crippen molar-refractivity contribution in [3.05, 3.63) is 159 Å². The maximum absolute atomic E-state index is 14.2. The summed E-state index contributed by atoms with van der Waals surface area (Å²) < 4.78 is 24.8. The molecule has 5 aromatic rings. The lowest BCUT2D eigenvalue weighted by Crippen LogP contribution is -2.24. The predicted molar refractivity (Wildman–Crippen MR) is 301 cm³/mol. The molecule has 5 unspecified atom stereocenters. The van der Waals surface area contributed by atoms with Gasteiger partial charge < -0.3 is 55.7 Å². The number of ether oxygens (including phenoxy) is 4. The molecule has 400 valence electrons. The van der Waals surface area contributed by atoms with E-state index in [4.69, 9.17) is 24.7 Å². The van der Waals surface area contributed by atoms with Gasteiger partial charge in [0.25, 0.3) is 0 Å². The fraction of sp³-hybridized carbons (Fsp3) is 0.397. The molecule has 0 saturated carbocycles. The van der Waals surface area contributed by atoms with E-state index in [1.54, 1.807) is 26.3 Å². The lowest BCUT2D eigenvalue weighted by molar-refractivity contribution is -0.121. The van der Waals surface area contributed by atoms with E-state index >= 15 is 0 Å². The van der Waals surface area contributed by atoms with Gasteiger partial charge in [0, 0.05) is 54.8 Å². The van der Waals surface area contributed by atoms with Gasteiger partial charge in [-0.3, -0.25) is 9.79 Å². The first kappa shape index (κ1) is 55.2. The quantitative estimate of drug-likeness (QED) is 0.0136. The summed E-state index contributed by atoms with van der Waals surface area (Å²) in [6.45, 7) is 4.18. The number of aryl methyl sites for hydroxylation is 2. The van der Waals surface area contributed by atoms with Crippen LogP contribution in [0.15, 0.2) is 114 Å². The monoisotopic (exact) mass is 1030 g/mol. The number of aliphatic hydroxyl groups excluding tert-OH is 2. The van der Waals surface area contributed by atoms with Crippen LogP contribution in [0.4, 0.5) is 5.69 Å². The number of nitrogens with zero attached hydrogens (tertiary/aromatic N) is 1. The fourth-order valence-electron chi connectivity index (χ4n) is 10.9. The van der Waals surface area contributed by atoms with Crippen molar-refractivity contribution in [2.24, 2.45) is 22.6 Å². The van der Waals surface area contributed by atoms with Crippen LogP contribution in [0.3, 0.4) is 0 Å². The van der Waals surface area contributed by atoms with Crippen molar-refractivity contribution >= 4 is 34.3 Å². The van der Waals surface area contributed by atoms with E-state index < -0.39 is 18.3 Å². The van der Waals surface area contributed by atoms with Crippen molar-refractivity contribution in [2.75, 3.05) is 46.3 Å². The Bertz CT molecular complexity index is 3020. The number of nitrogens with one attached hydrogen (secondary N) is 2. The molecule has 2 heterocycles. The molecular formula is C63H74N4O9. The molecule has 0 fully saturated rings. The molecule has 0 spiro atoms. The first-order chi connectivity index (χ1) is 36.9. The number of anilines is 1. The van der Waals surface area contributed by atoms with Gasteiger partial charge >= 0.3 is 0 Å². The first-order valence-electron chi connectivity index (χ1n) is 26.8. The number of ketones is 1. The summed E-state index contributed by atoms with van der Waals surface area (Å²) in [6.07, 6.45) is 17.2. The van der Waals surface area contributed by atoms with Crippen LogP contribution in [-0.2, 0) is 46.6 Å². The first-order valence-corrected chi connectivity index (χ1v) is 26.8. The highest BCUT2D eigenvalue weighted by Crippen LogP contribution is 2.47. The van der Waals surface area contributed by atoms with Gasteiger partial charge in [-0.15, -0.1) is 0 Å². The highest BCUT2D eigenvalue weighted by molar-refractivity contribution is 6.01. The predicted octanol–water partition coefficient (Wildman–Crippen LogP) is 10.4. The number of allylic oxidation sites excluding steroid dienone is 4. The van der Waals surface area contributed by atoms with Gasteiger partial charge in [0.1, 0.15) is 36.1 Å². The third-order valence-corrected chi connectivity index (χ3v) is 14.9. The minimum absolute atomic E-state index is 0.000165. The third kappa shape index (κ3) is 14.2. The number of fused-ring (bicyclic) bond motifs is 9. The SMILES string of the molecule is CN=C(N)Nc1cccc(CCCCC2C=CC(O)=CC2CC2CC(=O)CCc3ccc(OC)c(c3)OCc3c(C(O)O)cc4c(c(O)cc5c4c3C=CC5C)C(Cc3cccc(CCOCCCNC)c3)C#CO2)c1. The van der Waals surface area contributed by atoms with Crippen molar-refractivity contribution in [1.29, 1.82) is 0 Å². The van der Waals surface area contributed by atoms with E-state index in [1.807, 2.05) is 73.8 Å². The van der Waals surface area contributed by atoms with Gasteiger partial charge in [-0.1, -0.05) is 80.0 Å². The number of unbranched alkanes of at least 4 members (excludes halogenated alkanes) is 1. The molecule has 0 amide bonds. The number of hydrogen-bond donors (Lipinski definition) is 7. The summed E-state index contributed by atoms with van der Waals surface area (Å²) in [4.78, 5) is 18.2. The number of carbonyl (C=O) groups excluding carboxylic acids is 1.